The number of fused-ring (bicyclic) bond motifs is 1. The van der Waals surface area contributed by atoms with Crippen molar-refractivity contribution in [2.24, 2.45) is 0 Å². The van der Waals surface area contributed by atoms with Crippen molar-refractivity contribution in [2.45, 2.75) is 51.0 Å². The number of aromatic nitrogens is 1. The number of nitrogens with one attached hydrogen (secondary N) is 1. The van der Waals surface area contributed by atoms with Gasteiger partial charge in [-0.2, -0.15) is 0 Å². The van der Waals surface area contributed by atoms with Crippen molar-refractivity contribution >= 4 is 10.8 Å². The van der Waals surface area contributed by atoms with Gasteiger partial charge in [-0.1, -0.05) is 31.5 Å². The molecule has 1 N–H and O–H groups in total. The van der Waals surface area contributed by atoms with Crippen LogP contribution in [0.4, 0.5) is 0 Å². The van der Waals surface area contributed by atoms with E-state index in [0.29, 0.717) is 12.0 Å². The maximum Gasteiger partial charge on any atom is 0.0349 e. The Morgan fingerprint density at radius 3 is 3.10 bits per heavy atom. The molecular weight excluding hydrogens is 244 g/mol. The van der Waals surface area contributed by atoms with Gasteiger partial charge in [-0.3, -0.25) is 4.98 Å². The van der Waals surface area contributed by atoms with Gasteiger partial charge in [-0.25, -0.2) is 0 Å². The fourth-order valence-electron chi connectivity index (χ4n) is 3.50. The van der Waals surface area contributed by atoms with Gasteiger partial charge in [-0.15, -0.1) is 0 Å². The fraction of sp³-hybridized carbons (Fsp3) is 0.500. The van der Waals surface area contributed by atoms with E-state index in [0.717, 1.165) is 6.54 Å². The van der Waals surface area contributed by atoms with Crippen LogP contribution in [-0.4, -0.2) is 17.6 Å². The van der Waals surface area contributed by atoms with Gasteiger partial charge < -0.3 is 5.32 Å². The van der Waals surface area contributed by atoms with Crippen molar-refractivity contribution in [1.82, 2.24) is 10.3 Å². The normalized spacial score (nSPS) is 23.1. The van der Waals surface area contributed by atoms with Gasteiger partial charge in [0.25, 0.3) is 0 Å². The first-order chi connectivity index (χ1) is 9.88. The highest BCUT2D eigenvalue weighted by Gasteiger charge is 2.23. The second-order valence-electron chi connectivity index (χ2n) is 5.96. The highest BCUT2D eigenvalue weighted by molar-refractivity contribution is 5.85. The molecule has 2 heteroatoms. The zero-order chi connectivity index (χ0) is 13.8. The molecule has 2 nitrogen and oxygen atoms in total. The number of hydrogen-bond acceptors (Lipinski definition) is 2. The van der Waals surface area contributed by atoms with Crippen LogP contribution in [-0.2, 0) is 0 Å². The Hall–Kier alpha value is -1.41. The zero-order valence-electron chi connectivity index (χ0n) is 12.3. The second kappa shape index (κ2) is 6.36. The van der Waals surface area contributed by atoms with E-state index in [9.17, 15) is 0 Å². The number of rotatable bonds is 4. The summed E-state index contributed by atoms with van der Waals surface area (Å²) in [6, 6.07) is 9.50. The number of benzene rings is 1. The lowest BCUT2D eigenvalue weighted by Gasteiger charge is -2.30. The standard InChI is InChI=1S/C18H24N2/c1-2-10-20-16-7-3-6-15(12-16)17-8-4-5-14-9-11-19-13-18(14)17/h4-5,8-9,11,13,15-16,20H,2-3,6-7,10,12H2,1H3. The summed E-state index contributed by atoms with van der Waals surface area (Å²) in [5, 5.41) is 6.37. The maximum absolute atomic E-state index is 4.32. The van der Waals surface area contributed by atoms with Crippen molar-refractivity contribution < 1.29 is 0 Å². The molecule has 0 radical (unpaired) electrons. The quantitative estimate of drug-likeness (QED) is 0.896. The van der Waals surface area contributed by atoms with Crippen LogP contribution in [0.1, 0.15) is 50.5 Å². The molecule has 0 saturated heterocycles. The molecule has 3 rings (SSSR count). The molecule has 0 amide bonds. The van der Waals surface area contributed by atoms with E-state index in [1.807, 2.05) is 12.4 Å². The molecule has 2 unspecified atom stereocenters. The number of nitrogens with zero attached hydrogens (tertiary/aromatic N) is 1. The Kier molecular flexibility index (Phi) is 4.31. The fourth-order valence-corrected chi connectivity index (χ4v) is 3.50. The lowest BCUT2D eigenvalue weighted by molar-refractivity contribution is 0.341. The Morgan fingerprint density at radius 2 is 2.20 bits per heavy atom. The summed E-state index contributed by atoms with van der Waals surface area (Å²) in [6.07, 6.45) is 10.4. The third-order valence-electron chi connectivity index (χ3n) is 4.51. The molecule has 1 heterocycles. The minimum Gasteiger partial charge on any atom is -0.314 e. The Balaban J connectivity index is 1.83. The second-order valence-corrected chi connectivity index (χ2v) is 5.96. The van der Waals surface area contributed by atoms with Crippen LogP contribution in [0, 0.1) is 0 Å². The molecule has 20 heavy (non-hydrogen) atoms. The summed E-state index contributed by atoms with van der Waals surface area (Å²) in [4.78, 5) is 4.32. The first-order valence-corrected chi connectivity index (χ1v) is 7.94. The molecule has 1 aromatic carbocycles. The van der Waals surface area contributed by atoms with Crippen LogP contribution in [0.2, 0.25) is 0 Å². The van der Waals surface area contributed by atoms with Gasteiger partial charge >= 0.3 is 0 Å². The third kappa shape index (κ3) is 2.85. The van der Waals surface area contributed by atoms with Crippen LogP contribution in [0.25, 0.3) is 10.8 Å². The molecule has 2 aromatic rings. The molecule has 0 aliphatic heterocycles. The molecule has 1 aliphatic rings. The summed E-state index contributed by atoms with van der Waals surface area (Å²) in [6.45, 7) is 3.39. The Morgan fingerprint density at radius 1 is 1.25 bits per heavy atom. The largest absolute Gasteiger partial charge is 0.314 e. The lowest BCUT2D eigenvalue weighted by atomic mass is 9.80. The highest BCUT2D eigenvalue weighted by atomic mass is 14.9. The van der Waals surface area contributed by atoms with Crippen LogP contribution in [0.3, 0.4) is 0 Å². The smallest absolute Gasteiger partial charge is 0.0349 e. The minimum atomic E-state index is 0.686. The van der Waals surface area contributed by atoms with Crippen LogP contribution in [0.15, 0.2) is 36.7 Å². The summed E-state index contributed by atoms with van der Waals surface area (Å²) in [5.41, 5.74) is 1.50. The molecule has 0 bridgehead atoms. The minimum absolute atomic E-state index is 0.686. The van der Waals surface area contributed by atoms with E-state index in [1.165, 1.54) is 48.4 Å². The number of hydrogen-bond donors (Lipinski definition) is 1. The first kappa shape index (κ1) is 13.6. The topological polar surface area (TPSA) is 24.9 Å². The van der Waals surface area contributed by atoms with E-state index in [1.54, 1.807) is 0 Å². The highest BCUT2D eigenvalue weighted by Crippen LogP contribution is 2.36. The van der Waals surface area contributed by atoms with Gasteiger partial charge in [0.1, 0.15) is 0 Å². The molecule has 1 saturated carbocycles. The summed E-state index contributed by atoms with van der Waals surface area (Å²) >= 11 is 0. The van der Waals surface area contributed by atoms with Crippen LogP contribution >= 0.6 is 0 Å². The van der Waals surface area contributed by atoms with Gasteiger partial charge in [-0.05, 0) is 55.2 Å². The summed E-state index contributed by atoms with van der Waals surface area (Å²) < 4.78 is 0. The predicted molar refractivity (Wildman–Crippen MR) is 85.0 cm³/mol. The van der Waals surface area contributed by atoms with Gasteiger partial charge in [0.2, 0.25) is 0 Å². The summed E-state index contributed by atoms with van der Waals surface area (Å²) in [7, 11) is 0. The van der Waals surface area contributed by atoms with E-state index >= 15 is 0 Å². The van der Waals surface area contributed by atoms with Crippen LogP contribution in [0.5, 0.6) is 0 Å². The number of pyridine rings is 1. The monoisotopic (exact) mass is 268 g/mol. The molecule has 0 spiro atoms. The Labute approximate surface area is 121 Å². The van der Waals surface area contributed by atoms with Crippen molar-refractivity contribution in [3.05, 3.63) is 42.2 Å². The van der Waals surface area contributed by atoms with Gasteiger partial charge in [0.15, 0.2) is 0 Å². The first-order valence-electron chi connectivity index (χ1n) is 7.94. The molecule has 1 aliphatic carbocycles. The van der Waals surface area contributed by atoms with Gasteiger partial charge in [0.05, 0.1) is 0 Å². The molecule has 1 fully saturated rings. The van der Waals surface area contributed by atoms with Crippen molar-refractivity contribution in [3.8, 4) is 0 Å². The predicted octanol–water partition coefficient (Wildman–Crippen LogP) is 4.26. The van der Waals surface area contributed by atoms with Crippen molar-refractivity contribution in [1.29, 1.82) is 0 Å². The lowest BCUT2D eigenvalue weighted by Crippen LogP contribution is -2.34. The van der Waals surface area contributed by atoms with E-state index < -0.39 is 0 Å². The average Bonchev–Trinajstić information content (AvgIpc) is 2.52. The van der Waals surface area contributed by atoms with Crippen molar-refractivity contribution in [3.63, 3.8) is 0 Å². The van der Waals surface area contributed by atoms with Crippen molar-refractivity contribution in [2.75, 3.05) is 6.54 Å². The molecular formula is C18H24N2. The Bertz CT molecular complexity index is 559. The average molecular weight is 268 g/mol. The maximum atomic E-state index is 4.32. The SMILES string of the molecule is CCCNC1CCCC(c2cccc3ccncc23)C1. The van der Waals surface area contributed by atoms with Gasteiger partial charge in [0, 0.05) is 23.8 Å². The van der Waals surface area contributed by atoms with Crippen LogP contribution < -0.4 is 5.32 Å². The molecule has 1 aromatic heterocycles. The molecule has 2 atom stereocenters. The molecule has 106 valence electrons. The summed E-state index contributed by atoms with van der Waals surface area (Å²) in [5.74, 6) is 0.686. The zero-order valence-corrected chi connectivity index (χ0v) is 12.3. The van der Waals surface area contributed by atoms with E-state index in [-0.39, 0.29) is 0 Å². The van der Waals surface area contributed by atoms with E-state index in [4.69, 9.17) is 0 Å². The van der Waals surface area contributed by atoms with E-state index in [2.05, 4.69) is 41.5 Å². The third-order valence-corrected chi connectivity index (χ3v) is 4.51.